The van der Waals surface area contributed by atoms with Gasteiger partial charge in [-0.05, 0) is 69.4 Å². The average Bonchev–Trinajstić information content (AvgIpc) is 2.66. The maximum Gasteiger partial charge on any atom is 0.0701 e. The smallest absolute Gasteiger partial charge is 0.0701 e. The molecule has 0 aromatic heterocycles. The lowest BCUT2D eigenvalue weighted by atomic mass is 9.71. The fourth-order valence-electron chi connectivity index (χ4n) is 4.27. The second kappa shape index (κ2) is 5.95. The third-order valence-corrected chi connectivity index (χ3v) is 6.69. The van der Waals surface area contributed by atoms with Crippen LogP contribution in [0.15, 0.2) is 0 Å². The topological polar surface area (TPSA) is 21.3 Å². The van der Waals surface area contributed by atoms with E-state index in [1.807, 2.05) is 0 Å². The Morgan fingerprint density at radius 3 is 2.79 bits per heavy atom. The van der Waals surface area contributed by atoms with Gasteiger partial charge in [-0.25, -0.2) is 0 Å². The third kappa shape index (κ3) is 3.14. The van der Waals surface area contributed by atoms with Crippen molar-refractivity contribution in [2.24, 2.45) is 5.92 Å². The molecule has 19 heavy (non-hydrogen) atoms. The van der Waals surface area contributed by atoms with Crippen LogP contribution < -0.4 is 5.32 Å². The van der Waals surface area contributed by atoms with Crippen LogP contribution in [0.2, 0.25) is 0 Å². The standard InChI is InChI=1S/C16H29NOS/c1-15(6-3-2-4-9-17-15)14-5-10-18-16(13-14)7-11-19-12-8-16/h14,17H,2-13H2,1H3. The molecule has 3 fully saturated rings. The molecule has 0 aliphatic carbocycles. The molecule has 3 heteroatoms. The van der Waals surface area contributed by atoms with Gasteiger partial charge in [-0.2, -0.15) is 11.8 Å². The first-order valence-corrected chi connectivity index (χ1v) is 9.35. The Bertz CT molecular complexity index is 288. The molecule has 2 nitrogen and oxygen atoms in total. The molecule has 3 saturated heterocycles. The van der Waals surface area contributed by atoms with Gasteiger partial charge < -0.3 is 10.1 Å². The highest BCUT2D eigenvalue weighted by Crippen LogP contribution is 2.44. The SMILES string of the molecule is CC1(C2CCOC3(CCSCC3)C2)CCCCCN1. The van der Waals surface area contributed by atoms with Crippen LogP contribution in [0.4, 0.5) is 0 Å². The van der Waals surface area contributed by atoms with E-state index in [0.717, 1.165) is 12.5 Å². The van der Waals surface area contributed by atoms with Gasteiger partial charge in [-0.1, -0.05) is 12.8 Å². The first-order chi connectivity index (χ1) is 9.23. The lowest BCUT2D eigenvalue weighted by molar-refractivity contribution is -0.115. The van der Waals surface area contributed by atoms with Gasteiger partial charge in [0.25, 0.3) is 0 Å². The molecule has 1 N–H and O–H groups in total. The van der Waals surface area contributed by atoms with Crippen LogP contribution in [0.5, 0.6) is 0 Å². The van der Waals surface area contributed by atoms with Crippen LogP contribution in [0.25, 0.3) is 0 Å². The van der Waals surface area contributed by atoms with Crippen molar-refractivity contribution in [3.63, 3.8) is 0 Å². The predicted octanol–water partition coefficient (Wildman–Crippen LogP) is 3.60. The zero-order valence-electron chi connectivity index (χ0n) is 12.4. The molecular weight excluding hydrogens is 254 g/mol. The van der Waals surface area contributed by atoms with Gasteiger partial charge >= 0.3 is 0 Å². The number of thioether (sulfide) groups is 1. The lowest BCUT2D eigenvalue weighted by Crippen LogP contribution is -2.54. The number of hydrogen-bond donors (Lipinski definition) is 1. The number of ether oxygens (including phenoxy) is 1. The molecule has 0 aromatic rings. The van der Waals surface area contributed by atoms with Crippen LogP contribution in [-0.4, -0.2) is 35.8 Å². The first-order valence-electron chi connectivity index (χ1n) is 8.19. The number of rotatable bonds is 1. The zero-order chi connectivity index (χ0) is 13.2. The molecule has 2 atom stereocenters. The maximum atomic E-state index is 6.26. The van der Waals surface area contributed by atoms with Crippen molar-refractivity contribution in [1.29, 1.82) is 0 Å². The molecule has 3 aliphatic rings. The highest BCUT2D eigenvalue weighted by molar-refractivity contribution is 7.99. The summed E-state index contributed by atoms with van der Waals surface area (Å²) in [5, 5.41) is 3.89. The van der Waals surface area contributed by atoms with Crippen molar-refractivity contribution < 1.29 is 4.74 Å². The summed E-state index contributed by atoms with van der Waals surface area (Å²) in [6, 6.07) is 0. The molecule has 0 radical (unpaired) electrons. The van der Waals surface area contributed by atoms with Gasteiger partial charge in [0.1, 0.15) is 0 Å². The minimum atomic E-state index is 0.241. The van der Waals surface area contributed by atoms with Crippen LogP contribution in [0.1, 0.15) is 58.3 Å². The summed E-state index contributed by atoms with van der Waals surface area (Å²) in [4.78, 5) is 0. The van der Waals surface area contributed by atoms with E-state index in [1.54, 1.807) is 0 Å². The van der Waals surface area contributed by atoms with E-state index in [2.05, 4.69) is 24.0 Å². The zero-order valence-corrected chi connectivity index (χ0v) is 13.2. The van der Waals surface area contributed by atoms with E-state index in [0.29, 0.717) is 5.54 Å². The minimum absolute atomic E-state index is 0.241. The van der Waals surface area contributed by atoms with E-state index >= 15 is 0 Å². The summed E-state index contributed by atoms with van der Waals surface area (Å²) in [6.45, 7) is 4.70. The molecule has 0 aromatic carbocycles. The second-order valence-corrected chi connectivity index (χ2v) is 8.21. The molecule has 0 saturated carbocycles. The number of nitrogens with one attached hydrogen (secondary N) is 1. The van der Waals surface area contributed by atoms with Crippen molar-refractivity contribution in [3.8, 4) is 0 Å². The fourth-order valence-corrected chi connectivity index (χ4v) is 5.51. The Morgan fingerprint density at radius 2 is 1.95 bits per heavy atom. The quantitative estimate of drug-likeness (QED) is 0.794. The second-order valence-electron chi connectivity index (χ2n) is 6.99. The van der Waals surface area contributed by atoms with Gasteiger partial charge in [-0.3, -0.25) is 0 Å². The predicted molar refractivity (Wildman–Crippen MR) is 82.8 cm³/mol. The lowest BCUT2D eigenvalue weighted by Gasteiger charge is -2.49. The van der Waals surface area contributed by atoms with Crippen molar-refractivity contribution in [3.05, 3.63) is 0 Å². The van der Waals surface area contributed by atoms with E-state index in [1.165, 1.54) is 69.4 Å². The van der Waals surface area contributed by atoms with E-state index in [4.69, 9.17) is 4.74 Å². The highest BCUT2D eigenvalue weighted by Gasteiger charge is 2.44. The van der Waals surface area contributed by atoms with Gasteiger partial charge in [0.2, 0.25) is 0 Å². The molecular formula is C16H29NOS. The van der Waals surface area contributed by atoms with Gasteiger partial charge in [0.05, 0.1) is 5.60 Å². The molecule has 1 spiro atoms. The summed E-state index contributed by atoms with van der Waals surface area (Å²) in [6.07, 6.45) is 10.7. The molecule has 0 amide bonds. The summed E-state index contributed by atoms with van der Waals surface area (Å²) >= 11 is 2.11. The van der Waals surface area contributed by atoms with Crippen LogP contribution in [0.3, 0.4) is 0 Å². The van der Waals surface area contributed by atoms with Gasteiger partial charge in [0, 0.05) is 12.1 Å². The van der Waals surface area contributed by atoms with Crippen molar-refractivity contribution >= 4 is 11.8 Å². The summed E-state index contributed by atoms with van der Waals surface area (Å²) < 4.78 is 6.26. The highest BCUT2D eigenvalue weighted by atomic mass is 32.2. The fraction of sp³-hybridized carbons (Fsp3) is 1.00. The molecule has 0 bridgehead atoms. The maximum absolute atomic E-state index is 6.26. The minimum Gasteiger partial charge on any atom is -0.375 e. The van der Waals surface area contributed by atoms with E-state index in [-0.39, 0.29) is 5.60 Å². The Hall–Kier alpha value is 0.270. The molecule has 110 valence electrons. The van der Waals surface area contributed by atoms with Gasteiger partial charge in [0.15, 0.2) is 0 Å². The Labute approximate surface area is 122 Å². The summed E-state index contributed by atoms with van der Waals surface area (Å²) in [5.41, 5.74) is 0.614. The Morgan fingerprint density at radius 1 is 1.11 bits per heavy atom. The summed E-state index contributed by atoms with van der Waals surface area (Å²) in [5.74, 6) is 3.43. The average molecular weight is 283 g/mol. The van der Waals surface area contributed by atoms with Crippen LogP contribution >= 0.6 is 11.8 Å². The van der Waals surface area contributed by atoms with E-state index in [9.17, 15) is 0 Å². The van der Waals surface area contributed by atoms with Crippen molar-refractivity contribution in [2.75, 3.05) is 24.7 Å². The van der Waals surface area contributed by atoms with Crippen molar-refractivity contribution in [1.82, 2.24) is 5.32 Å². The molecule has 3 heterocycles. The molecule has 3 aliphatic heterocycles. The Kier molecular flexibility index (Phi) is 4.45. The summed E-state index contributed by atoms with van der Waals surface area (Å²) in [7, 11) is 0. The van der Waals surface area contributed by atoms with E-state index < -0.39 is 0 Å². The first kappa shape index (κ1) is 14.2. The normalized spacial score (nSPS) is 39.9. The van der Waals surface area contributed by atoms with Gasteiger partial charge in [-0.15, -0.1) is 0 Å². The largest absolute Gasteiger partial charge is 0.375 e. The monoisotopic (exact) mass is 283 g/mol. The van der Waals surface area contributed by atoms with Crippen LogP contribution in [-0.2, 0) is 4.74 Å². The molecule has 2 unspecified atom stereocenters. The van der Waals surface area contributed by atoms with Crippen LogP contribution in [0, 0.1) is 5.92 Å². The molecule has 3 rings (SSSR count). The van der Waals surface area contributed by atoms with Crippen molar-refractivity contribution in [2.45, 2.75) is 69.4 Å². The Balaban J connectivity index is 1.69. The third-order valence-electron chi connectivity index (χ3n) is 5.70. The number of hydrogen-bond acceptors (Lipinski definition) is 3.